The molecule has 1 unspecified atom stereocenters. The minimum atomic E-state index is -0.866. The van der Waals surface area contributed by atoms with E-state index in [9.17, 15) is 10.0 Å². The van der Waals surface area contributed by atoms with Crippen LogP contribution in [0.3, 0.4) is 0 Å². The summed E-state index contributed by atoms with van der Waals surface area (Å²) < 4.78 is 1.05. The van der Waals surface area contributed by atoms with E-state index < -0.39 is 12.1 Å². The van der Waals surface area contributed by atoms with Crippen molar-refractivity contribution >= 4 is 40.7 Å². The number of primary amides is 1. The van der Waals surface area contributed by atoms with E-state index in [0.29, 0.717) is 10.1 Å². The number of amides is 2. The molecule has 2 amide bonds. The minimum Gasteiger partial charge on any atom is -0.350 e. The number of benzene rings is 1. The Morgan fingerprint density at radius 1 is 1.45 bits per heavy atom. The lowest BCUT2D eigenvalue weighted by Crippen LogP contribution is -2.34. The number of carbonyl (C=O) groups is 1. The fraction of sp³-hybridized carbons (Fsp3) is 0.154. The van der Waals surface area contributed by atoms with Crippen LogP contribution in [0.2, 0.25) is 5.02 Å². The number of rotatable bonds is 4. The first-order chi connectivity index (χ1) is 9.47. The van der Waals surface area contributed by atoms with Gasteiger partial charge in [0.2, 0.25) is 0 Å². The molecule has 1 heterocycles. The maximum absolute atomic E-state index is 10.9. The van der Waals surface area contributed by atoms with Gasteiger partial charge in [-0.1, -0.05) is 29.4 Å². The molecule has 106 valence electrons. The Kier molecular flexibility index (Phi) is 4.93. The van der Waals surface area contributed by atoms with E-state index in [4.69, 9.17) is 17.3 Å². The van der Waals surface area contributed by atoms with Crippen molar-refractivity contribution in [2.45, 2.75) is 22.1 Å². The van der Waals surface area contributed by atoms with Gasteiger partial charge in [0.1, 0.15) is 0 Å². The molecule has 2 rings (SSSR count). The molecule has 0 spiro atoms. The first-order valence-corrected chi connectivity index (χ1v) is 7.79. The van der Waals surface area contributed by atoms with Crippen LogP contribution >= 0.6 is 34.7 Å². The highest BCUT2D eigenvalue weighted by atomic mass is 35.5. The molecule has 3 N–H and O–H groups in total. The van der Waals surface area contributed by atoms with Crippen molar-refractivity contribution in [1.29, 1.82) is 0 Å². The molecule has 0 aliphatic heterocycles. The van der Waals surface area contributed by atoms with E-state index in [0.717, 1.165) is 14.0 Å². The number of thiophene rings is 1. The number of nitrogens with zero attached hydrogens (tertiary/aromatic N) is 1. The molecular formula is C13H13ClN2O2S2. The second-order valence-corrected chi connectivity index (χ2v) is 7.00. The standard InChI is InChI=1S/C13H13ClN2O2S2/c1-8(16(18)13(15)17)11-5-6-12(20-11)19-10-4-2-3-9(14)7-10/h2-8,18H,1H3,(H2,15,17). The number of hydrogen-bond acceptors (Lipinski definition) is 4. The zero-order valence-corrected chi connectivity index (χ0v) is 13.0. The fourth-order valence-corrected chi connectivity index (χ4v) is 4.05. The Hall–Kier alpha value is -1.21. The van der Waals surface area contributed by atoms with Crippen molar-refractivity contribution in [1.82, 2.24) is 5.06 Å². The number of urea groups is 1. The Bertz CT molecular complexity index is 618. The second kappa shape index (κ2) is 6.49. The van der Waals surface area contributed by atoms with Crippen LogP contribution in [-0.2, 0) is 0 Å². The van der Waals surface area contributed by atoms with Gasteiger partial charge in [-0.25, -0.2) is 4.79 Å². The van der Waals surface area contributed by atoms with E-state index in [2.05, 4.69) is 0 Å². The summed E-state index contributed by atoms with van der Waals surface area (Å²) in [5, 5.41) is 10.7. The van der Waals surface area contributed by atoms with Gasteiger partial charge in [0.25, 0.3) is 0 Å². The van der Waals surface area contributed by atoms with Crippen LogP contribution in [0.15, 0.2) is 45.5 Å². The number of hydrogen-bond donors (Lipinski definition) is 2. The van der Waals surface area contributed by atoms with Gasteiger partial charge in [0.05, 0.1) is 10.3 Å². The summed E-state index contributed by atoms with van der Waals surface area (Å²) in [6.07, 6.45) is 0. The number of nitrogens with two attached hydrogens (primary N) is 1. The summed E-state index contributed by atoms with van der Waals surface area (Å²) in [4.78, 5) is 12.8. The molecule has 0 radical (unpaired) electrons. The lowest BCUT2D eigenvalue weighted by Gasteiger charge is -2.18. The quantitative estimate of drug-likeness (QED) is 0.646. The lowest BCUT2D eigenvalue weighted by atomic mass is 10.3. The van der Waals surface area contributed by atoms with Crippen molar-refractivity contribution in [3.8, 4) is 0 Å². The highest BCUT2D eigenvalue weighted by Crippen LogP contribution is 2.37. The van der Waals surface area contributed by atoms with E-state index in [-0.39, 0.29) is 0 Å². The van der Waals surface area contributed by atoms with Gasteiger partial charge >= 0.3 is 6.03 Å². The molecule has 7 heteroatoms. The second-order valence-electron chi connectivity index (χ2n) is 4.08. The van der Waals surface area contributed by atoms with Crippen molar-refractivity contribution in [2.24, 2.45) is 5.73 Å². The van der Waals surface area contributed by atoms with E-state index in [1.54, 1.807) is 18.7 Å². The summed E-state index contributed by atoms with van der Waals surface area (Å²) >= 11 is 9.02. The Labute approximate surface area is 130 Å². The van der Waals surface area contributed by atoms with E-state index in [1.165, 1.54) is 11.3 Å². The van der Waals surface area contributed by atoms with E-state index >= 15 is 0 Å². The molecule has 0 saturated heterocycles. The Morgan fingerprint density at radius 2 is 2.20 bits per heavy atom. The normalized spacial score (nSPS) is 12.2. The topological polar surface area (TPSA) is 66.6 Å². The molecule has 2 aromatic rings. The van der Waals surface area contributed by atoms with Gasteiger partial charge in [-0.2, -0.15) is 5.06 Å². The summed E-state index contributed by atoms with van der Waals surface area (Å²) in [7, 11) is 0. The molecule has 1 aromatic heterocycles. The van der Waals surface area contributed by atoms with Crippen molar-refractivity contribution in [2.75, 3.05) is 0 Å². The molecule has 1 atom stereocenters. The maximum Gasteiger partial charge on any atom is 0.339 e. The van der Waals surface area contributed by atoms with Crippen LogP contribution in [0.25, 0.3) is 0 Å². The summed E-state index contributed by atoms with van der Waals surface area (Å²) in [5.41, 5.74) is 5.04. The fourth-order valence-electron chi connectivity index (χ4n) is 1.57. The average Bonchev–Trinajstić information content (AvgIpc) is 2.85. The van der Waals surface area contributed by atoms with Gasteiger partial charge in [-0.05, 0) is 37.3 Å². The minimum absolute atomic E-state index is 0.466. The summed E-state index contributed by atoms with van der Waals surface area (Å²) in [6, 6.07) is 10.1. The highest BCUT2D eigenvalue weighted by Gasteiger charge is 2.19. The Morgan fingerprint density at radius 3 is 2.85 bits per heavy atom. The van der Waals surface area contributed by atoms with Gasteiger partial charge in [0.15, 0.2) is 0 Å². The number of carbonyl (C=O) groups excluding carboxylic acids is 1. The van der Waals surface area contributed by atoms with Crippen LogP contribution < -0.4 is 5.73 Å². The van der Waals surface area contributed by atoms with Gasteiger partial charge in [-0.15, -0.1) is 11.3 Å². The number of halogens is 1. The predicted octanol–water partition coefficient (Wildman–Crippen LogP) is 4.38. The Balaban J connectivity index is 2.11. The molecule has 0 aliphatic carbocycles. The SMILES string of the molecule is CC(c1ccc(Sc2cccc(Cl)c2)s1)N(O)C(N)=O. The first kappa shape index (κ1) is 15.2. The third-order valence-electron chi connectivity index (χ3n) is 2.62. The molecule has 0 aliphatic rings. The van der Waals surface area contributed by atoms with E-state index in [1.807, 2.05) is 36.4 Å². The van der Waals surface area contributed by atoms with Crippen LogP contribution in [0.1, 0.15) is 17.8 Å². The largest absolute Gasteiger partial charge is 0.350 e. The maximum atomic E-state index is 10.9. The van der Waals surface area contributed by atoms with Crippen molar-refractivity contribution in [3.63, 3.8) is 0 Å². The van der Waals surface area contributed by atoms with Crippen LogP contribution in [0, 0.1) is 0 Å². The zero-order valence-electron chi connectivity index (χ0n) is 10.6. The van der Waals surface area contributed by atoms with Crippen molar-refractivity contribution < 1.29 is 10.0 Å². The monoisotopic (exact) mass is 328 g/mol. The molecule has 0 bridgehead atoms. The smallest absolute Gasteiger partial charge is 0.339 e. The molecular weight excluding hydrogens is 316 g/mol. The van der Waals surface area contributed by atoms with Crippen LogP contribution in [-0.4, -0.2) is 16.3 Å². The molecule has 4 nitrogen and oxygen atoms in total. The lowest BCUT2D eigenvalue weighted by molar-refractivity contribution is -0.0700. The third kappa shape index (κ3) is 3.67. The van der Waals surface area contributed by atoms with Gasteiger partial charge in [-0.3, -0.25) is 5.21 Å². The number of hydroxylamine groups is 2. The van der Waals surface area contributed by atoms with Gasteiger partial charge in [0, 0.05) is 14.8 Å². The summed E-state index contributed by atoms with van der Waals surface area (Å²) in [6.45, 7) is 1.71. The van der Waals surface area contributed by atoms with Crippen LogP contribution in [0.4, 0.5) is 4.79 Å². The molecule has 1 aromatic carbocycles. The zero-order chi connectivity index (χ0) is 14.7. The molecule has 0 saturated carbocycles. The van der Waals surface area contributed by atoms with Crippen molar-refractivity contribution in [3.05, 3.63) is 46.3 Å². The summed E-state index contributed by atoms with van der Waals surface area (Å²) in [5.74, 6) is 0. The predicted molar refractivity (Wildman–Crippen MR) is 81.5 cm³/mol. The molecule has 20 heavy (non-hydrogen) atoms. The molecule has 0 fully saturated rings. The highest BCUT2D eigenvalue weighted by molar-refractivity contribution is 8.01. The third-order valence-corrected chi connectivity index (χ3v) is 5.23. The van der Waals surface area contributed by atoms with Crippen LogP contribution in [0.5, 0.6) is 0 Å². The average molecular weight is 329 g/mol. The van der Waals surface area contributed by atoms with Gasteiger partial charge < -0.3 is 5.73 Å². The first-order valence-electron chi connectivity index (χ1n) is 5.78.